The minimum Gasteiger partial charge on any atom is -0.481 e. The van der Waals surface area contributed by atoms with Crippen molar-refractivity contribution in [3.05, 3.63) is 24.5 Å². The maximum Gasteiger partial charge on any atom is 0.308 e. The van der Waals surface area contributed by atoms with E-state index >= 15 is 0 Å². The van der Waals surface area contributed by atoms with Crippen molar-refractivity contribution >= 4 is 11.9 Å². The molecule has 6 nitrogen and oxygen atoms in total. The Morgan fingerprint density at radius 1 is 1.58 bits per heavy atom. The second-order valence-electron chi connectivity index (χ2n) is 4.56. The molecule has 1 fully saturated rings. The number of likely N-dealkylation sites (tertiary alicyclic amines) is 1. The van der Waals surface area contributed by atoms with Crippen LogP contribution in [-0.2, 0) is 9.59 Å². The second-order valence-corrected chi connectivity index (χ2v) is 4.56. The van der Waals surface area contributed by atoms with Crippen LogP contribution in [0.4, 0.5) is 0 Å². The van der Waals surface area contributed by atoms with Gasteiger partial charge in [0, 0.05) is 19.3 Å². The number of carbonyl (C=O) groups excluding carboxylic acids is 1. The number of carboxylic acids is 1. The van der Waals surface area contributed by atoms with Gasteiger partial charge in [-0.3, -0.25) is 14.6 Å². The number of hydrogen-bond donors (Lipinski definition) is 1. The number of hydrogen-bond acceptors (Lipinski definition) is 4. The lowest BCUT2D eigenvalue weighted by molar-refractivity contribution is -0.142. The van der Waals surface area contributed by atoms with E-state index in [0.717, 1.165) is 0 Å². The molecule has 19 heavy (non-hydrogen) atoms. The SMILES string of the molecule is C[C@@H](Oc1cccnc1)C(=O)N1CC[C@H](C(=O)O)C1. The molecule has 1 aromatic rings. The molecule has 0 aliphatic carbocycles. The first kappa shape index (κ1) is 13.3. The zero-order chi connectivity index (χ0) is 13.8. The number of rotatable bonds is 4. The van der Waals surface area contributed by atoms with Crippen LogP contribution in [0.2, 0.25) is 0 Å². The lowest BCUT2D eigenvalue weighted by Gasteiger charge is -2.21. The average molecular weight is 264 g/mol. The van der Waals surface area contributed by atoms with E-state index in [9.17, 15) is 9.59 Å². The van der Waals surface area contributed by atoms with Crippen molar-refractivity contribution in [3.63, 3.8) is 0 Å². The minimum absolute atomic E-state index is 0.187. The van der Waals surface area contributed by atoms with Crippen LogP contribution < -0.4 is 4.74 Å². The highest BCUT2D eigenvalue weighted by Crippen LogP contribution is 2.18. The first-order valence-corrected chi connectivity index (χ1v) is 6.16. The Hall–Kier alpha value is -2.11. The molecule has 0 unspecified atom stereocenters. The lowest BCUT2D eigenvalue weighted by atomic mass is 10.1. The Morgan fingerprint density at radius 3 is 2.95 bits per heavy atom. The van der Waals surface area contributed by atoms with Crippen molar-refractivity contribution in [3.8, 4) is 5.75 Å². The fraction of sp³-hybridized carbons (Fsp3) is 0.462. The summed E-state index contributed by atoms with van der Waals surface area (Å²) >= 11 is 0. The number of carbonyl (C=O) groups is 2. The summed E-state index contributed by atoms with van der Waals surface area (Å²) in [5.74, 6) is -0.976. The summed E-state index contributed by atoms with van der Waals surface area (Å²) in [6.45, 7) is 2.38. The Kier molecular flexibility index (Phi) is 3.99. The molecule has 1 aromatic heterocycles. The van der Waals surface area contributed by atoms with E-state index in [1.807, 2.05) is 0 Å². The molecule has 1 amide bonds. The van der Waals surface area contributed by atoms with Gasteiger partial charge in [0.1, 0.15) is 5.75 Å². The quantitative estimate of drug-likeness (QED) is 0.869. The van der Waals surface area contributed by atoms with E-state index in [0.29, 0.717) is 18.7 Å². The summed E-state index contributed by atoms with van der Waals surface area (Å²) in [6, 6.07) is 3.45. The molecule has 1 N–H and O–H groups in total. The molecule has 1 saturated heterocycles. The van der Waals surface area contributed by atoms with Crippen molar-refractivity contribution in [2.45, 2.75) is 19.4 Å². The van der Waals surface area contributed by atoms with Crippen molar-refractivity contribution in [1.29, 1.82) is 0 Å². The maximum atomic E-state index is 12.1. The molecule has 2 heterocycles. The van der Waals surface area contributed by atoms with Gasteiger partial charge in [0.15, 0.2) is 6.10 Å². The Balaban J connectivity index is 1.91. The van der Waals surface area contributed by atoms with Crippen LogP contribution in [0.1, 0.15) is 13.3 Å². The number of pyridine rings is 1. The van der Waals surface area contributed by atoms with E-state index in [2.05, 4.69) is 4.98 Å². The van der Waals surface area contributed by atoms with Gasteiger partial charge in [-0.05, 0) is 25.5 Å². The third kappa shape index (κ3) is 3.21. The number of aliphatic carboxylic acids is 1. The van der Waals surface area contributed by atoms with Crippen molar-refractivity contribution in [2.24, 2.45) is 5.92 Å². The fourth-order valence-electron chi connectivity index (χ4n) is 2.09. The summed E-state index contributed by atoms with van der Waals surface area (Å²) in [6.07, 6.45) is 3.02. The molecule has 102 valence electrons. The highest BCUT2D eigenvalue weighted by Gasteiger charge is 2.33. The van der Waals surface area contributed by atoms with Gasteiger partial charge >= 0.3 is 5.97 Å². The van der Waals surface area contributed by atoms with E-state index in [1.165, 1.54) is 6.20 Å². The van der Waals surface area contributed by atoms with Crippen molar-refractivity contribution in [2.75, 3.05) is 13.1 Å². The van der Waals surface area contributed by atoms with Crippen LogP contribution in [0.5, 0.6) is 5.75 Å². The fourth-order valence-corrected chi connectivity index (χ4v) is 2.09. The summed E-state index contributed by atoms with van der Waals surface area (Å²) in [7, 11) is 0. The van der Waals surface area contributed by atoms with Crippen LogP contribution in [0.25, 0.3) is 0 Å². The van der Waals surface area contributed by atoms with Gasteiger partial charge in [0.05, 0.1) is 12.1 Å². The number of carboxylic acid groups (broad SMARTS) is 1. The Morgan fingerprint density at radius 2 is 2.37 bits per heavy atom. The van der Waals surface area contributed by atoms with Gasteiger partial charge in [-0.2, -0.15) is 0 Å². The van der Waals surface area contributed by atoms with Crippen molar-refractivity contribution in [1.82, 2.24) is 9.88 Å². The summed E-state index contributed by atoms with van der Waals surface area (Å²) in [5.41, 5.74) is 0. The molecule has 0 radical (unpaired) electrons. The second kappa shape index (κ2) is 5.69. The molecule has 1 aliphatic heterocycles. The summed E-state index contributed by atoms with van der Waals surface area (Å²) < 4.78 is 5.48. The largest absolute Gasteiger partial charge is 0.481 e. The average Bonchev–Trinajstić information content (AvgIpc) is 2.88. The van der Waals surface area contributed by atoms with Gasteiger partial charge in [-0.25, -0.2) is 0 Å². The summed E-state index contributed by atoms with van der Waals surface area (Å²) in [4.78, 5) is 28.4. The first-order valence-electron chi connectivity index (χ1n) is 6.16. The Bertz CT molecular complexity index is 463. The van der Waals surface area contributed by atoms with Gasteiger partial charge in [0.25, 0.3) is 5.91 Å². The third-order valence-corrected chi connectivity index (χ3v) is 3.14. The van der Waals surface area contributed by atoms with Crippen LogP contribution >= 0.6 is 0 Å². The van der Waals surface area contributed by atoms with Gasteiger partial charge < -0.3 is 14.7 Å². The number of nitrogens with zero attached hydrogens (tertiary/aromatic N) is 2. The molecule has 0 spiro atoms. The van der Waals surface area contributed by atoms with Gasteiger partial charge in [0.2, 0.25) is 0 Å². The van der Waals surface area contributed by atoms with Crippen LogP contribution in [0.3, 0.4) is 0 Å². The van der Waals surface area contributed by atoms with Crippen LogP contribution in [0, 0.1) is 5.92 Å². The molecule has 2 atom stereocenters. The predicted molar refractivity (Wildman–Crippen MR) is 66.6 cm³/mol. The third-order valence-electron chi connectivity index (χ3n) is 3.14. The predicted octanol–water partition coefficient (Wildman–Crippen LogP) is 0.782. The Labute approximate surface area is 111 Å². The molecule has 0 aromatic carbocycles. The van der Waals surface area contributed by atoms with Crippen molar-refractivity contribution < 1.29 is 19.4 Å². The van der Waals surface area contributed by atoms with Gasteiger partial charge in [-0.15, -0.1) is 0 Å². The molecular weight excluding hydrogens is 248 g/mol. The monoisotopic (exact) mass is 264 g/mol. The molecule has 0 saturated carbocycles. The highest BCUT2D eigenvalue weighted by molar-refractivity contribution is 5.82. The topological polar surface area (TPSA) is 79.7 Å². The zero-order valence-electron chi connectivity index (χ0n) is 10.7. The number of ether oxygens (including phenoxy) is 1. The summed E-state index contributed by atoms with van der Waals surface area (Å²) in [5, 5.41) is 8.91. The first-order chi connectivity index (χ1) is 9.08. The highest BCUT2D eigenvalue weighted by atomic mass is 16.5. The van der Waals surface area contributed by atoms with E-state index in [4.69, 9.17) is 9.84 Å². The normalized spacial score (nSPS) is 20.1. The van der Waals surface area contributed by atoms with E-state index in [1.54, 1.807) is 30.2 Å². The lowest BCUT2D eigenvalue weighted by Crippen LogP contribution is -2.39. The minimum atomic E-state index is -0.851. The molecule has 1 aliphatic rings. The zero-order valence-corrected chi connectivity index (χ0v) is 10.7. The number of amides is 1. The smallest absolute Gasteiger partial charge is 0.308 e. The molecular formula is C13H16N2O4. The van der Waals surface area contributed by atoms with E-state index < -0.39 is 18.0 Å². The molecule has 6 heteroatoms. The van der Waals surface area contributed by atoms with Crippen LogP contribution in [-0.4, -0.2) is 46.1 Å². The molecule has 2 rings (SSSR count). The number of aromatic nitrogens is 1. The molecule has 0 bridgehead atoms. The van der Waals surface area contributed by atoms with Crippen LogP contribution in [0.15, 0.2) is 24.5 Å². The van der Waals surface area contributed by atoms with E-state index in [-0.39, 0.29) is 12.5 Å². The van der Waals surface area contributed by atoms with Gasteiger partial charge in [-0.1, -0.05) is 0 Å². The standard InChI is InChI=1S/C13H16N2O4/c1-9(19-11-3-2-5-14-7-11)12(16)15-6-4-10(8-15)13(17)18/h2-3,5,7,9-10H,4,6,8H2,1H3,(H,17,18)/t9-,10+/m1/s1. The maximum absolute atomic E-state index is 12.1.